The number of fused-ring (bicyclic) bond motifs is 2. The Morgan fingerprint density at radius 1 is 1.18 bits per heavy atom. The lowest BCUT2D eigenvalue weighted by atomic mass is 10.0. The number of aromatic amines is 1. The van der Waals surface area contributed by atoms with Crippen molar-refractivity contribution in [2.45, 2.75) is 57.7 Å². The van der Waals surface area contributed by atoms with E-state index in [0.29, 0.717) is 47.8 Å². The molecule has 1 unspecified atom stereocenters. The van der Waals surface area contributed by atoms with Crippen LogP contribution in [0.2, 0.25) is 0 Å². The molecule has 1 N–H and O–H groups in total. The summed E-state index contributed by atoms with van der Waals surface area (Å²) in [7, 11) is 0. The average Bonchev–Trinajstić information content (AvgIpc) is 3.42. The molecule has 2 saturated heterocycles. The first-order valence-electron chi connectivity index (χ1n) is 11.2. The van der Waals surface area contributed by atoms with Crippen molar-refractivity contribution < 1.29 is 18.7 Å². The number of pyridine rings is 1. The van der Waals surface area contributed by atoms with Gasteiger partial charge < -0.3 is 9.64 Å². The summed E-state index contributed by atoms with van der Waals surface area (Å²) in [4.78, 5) is 28.5. The predicted octanol–water partition coefficient (Wildman–Crippen LogP) is 4.44. The van der Waals surface area contributed by atoms with Crippen molar-refractivity contribution in [3.05, 3.63) is 71.4 Å². The van der Waals surface area contributed by atoms with E-state index in [4.69, 9.17) is 0 Å². The van der Waals surface area contributed by atoms with Crippen molar-refractivity contribution in [1.82, 2.24) is 20.1 Å². The maximum atomic E-state index is 13.9. The number of benzene rings is 1. The molecular formula is C25H27FN4O3. The normalized spacial score (nSPS) is 18.9. The minimum atomic E-state index is -0.431. The van der Waals surface area contributed by atoms with Gasteiger partial charge in [-0.1, -0.05) is 30.3 Å². The predicted molar refractivity (Wildman–Crippen MR) is 121 cm³/mol. The van der Waals surface area contributed by atoms with Gasteiger partial charge in [0.1, 0.15) is 12.3 Å². The second-order valence-corrected chi connectivity index (χ2v) is 8.39. The number of ether oxygens (including phenoxy) is 1. The molecule has 0 spiro atoms. The largest absolute Gasteiger partial charge is 0.463 e. The molecule has 3 aromatic rings. The number of H-pyrrole nitrogens is 1. The molecule has 33 heavy (non-hydrogen) atoms. The van der Waals surface area contributed by atoms with Gasteiger partial charge in [-0.3, -0.25) is 19.7 Å². The number of aromatic nitrogens is 3. The van der Waals surface area contributed by atoms with E-state index < -0.39 is 5.82 Å². The third kappa shape index (κ3) is 5.27. The van der Waals surface area contributed by atoms with Crippen molar-refractivity contribution >= 4 is 12.4 Å². The maximum Gasteiger partial charge on any atom is 0.293 e. The molecule has 2 atom stereocenters. The number of nitrogens with zero attached hydrogens (tertiary/aromatic N) is 3. The number of piperidine rings is 1. The molecule has 2 fully saturated rings. The van der Waals surface area contributed by atoms with Crippen LogP contribution in [0.5, 0.6) is 0 Å². The number of amides is 1. The monoisotopic (exact) mass is 450 g/mol. The molecule has 7 nitrogen and oxygen atoms in total. The third-order valence-electron chi connectivity index (χ3n) is 6.17. The Bertz CT molecular complexity index is 1090. The van der Waals surface area contributed by atoms with Gasteiger partial charge in [-0.15, -0.1) is 0 Å². The van der Waals surface area contributed by atoms with Crippen molar-refractivity contribution in [1.29, 1.82) is 0 Å². The summed E-state index contributed by atoms with van der Waals surface area (Å²) in [6.45, 7) is 2.62. The molecule has 8 heteroatoms. The van der Waals surface area contributed by atoms with Gasteiger partial charge in [-0.25, -0.2) is 4.39 Å². The molecule has 0 aliphatic carbocycles. The van der Waals surface area contributed by atoms with Crippen molar-refractivity contribution in [3.8, 4) is 11.3 Å². The van der Waals surface area contributed by atoms with E-state index in [0.717, 1.165) is 31.2 Å². The van der Waals surface area contributed by atoms with E-state index in [1.807, 2.05) is 35.2 Å². The van der Waals surface area contributed by atoms with E-state index in [9.17, 15) is 14.0 Å². The molecule has 1 amide bonds. The van der Waals surface area contributed by atoms with Crippen LogP contribution < -0.4 is 0 Å². The van der Waals surface area contributed by atoms with Crippen LogP contribution in [-0.4, -0.2) is 44.5 Å². The molecule has 2 aliphatic rings. The Balaban J connectivity index is 0.000000219. The Hall–Kier alpha value is -3.55. The Morgan fingerprint density at radius 3 is 2.61 bits per heavy atom. The molecule has 0 saturated carbocycles. The number of rotatable bonds is 5. The zero-order chi connectivity index (χ0) is 23.2. The lowest BCUT2D eigenvalue weighted by Crippen LogP contribution is -2.44. The second kappa shape index (κ2) is 10.4. The lowest BCUT2D eigenvalue weighted by molar-refractivity contribution is -0.129. The first-order valence-corrected chi connectivity index (χ1v) is 11.2. The summed E-state index contributed by atoms with van der Waals surface area (Å²) in [6.07, 6.45) is 6.74. The molecular weight excluding hydrogens is 423 g/mol. The lowest BCUT2D eigenvalue weighted by Gasteiger charge is -2.34. The summed E-state index contributed by atoms with van der Waals surface area (Å²) >= 11 is 0. The van der Waals surface area contributed by atoms with E-state index >= 15 is 0 Å². The fourth-order valence-corrected chi connectivity index (χ4v) is 4.60. The highest BCUT2D eigenvalue weighted by atomic mass is 19.1. The van der Waals surface area contributed by atoms with Gasteiger partial charge in [0.05, 0.1) is 11.9 Å². The number of carbonyl (C=O) groups excluding carboxylic acids is 2. The van der Waals surface area contributed by atoms with Gasteiger partial charge in [-0.2, -0.15) is 5.10 Å². The zero-order valence-electron chi connectivity index (χ0n) is 18.5. The fraction of sp³-hybridized carbons (Fsp3) is 0.360. The van der Waals surface area contributed by atoms with E-state index in [-0.39, 0.29) is 5.91 Å². The molecule has 2 aliphatic heterocycles. The zero-order valence-corrected chi connectivity index (χ0v) is 18.5. The molecule has 0 radical (unpaired) electrons. The van der Waals surface area contributed by atoms with Crippen LogP contribution in [0.25, 0.3) is 11.3 Å². The highest BCUT2D eigenvalue weighted by Gasteiger charge is 2.40. The second-order valence-electron chi connectivity index (χ2n) is 8.39. The first-order chi connectivity index (χ1) is 16.1. The Labute approximate surface area is 192 Å². The minimum absolute atomic E-state index is 0.0119. The smallest absolute Gasteiger partial charge is 0.293 e. The minimum Gasteiger partial charge on any atom is -0.463 e. The van der Waals surface area contributed by atoms with Gasteiger partial charge in [0.25, 0.3) is 12.4 Å². The number of aryl methyl sites for hydroxylation is 1. The van der Waals surface area contributed by atoms with Crippen molar-refractivity contribution in [2.75, 3.05) is 0 Å². The van der Waals surface area contributed by atoms with Crippen LogP contribution in [0.15, 0.2) is 48.7 Å². The van der Waals surface area contributed by atoms with Crippen molar-refractivity contribution in [3.63, 3.8) is 0 Å². The van der Waals surface area contributed by atoms with Gasteiger partial charge in [0.2, 0.25) is 0 Å². The van der Waals surface area contributed by atoms with Crippen LogP contribution in [0.4, 0.5) is 4.39 Å². The highest BCUT2D eigenvalue weighted by Crippen LogP contribution is 2.36. The van der Waals surface area contributed by atoms with E-state index in [2.05, 4.69) is 19.9 Å². The summed E-state index contributed by atoms with van der Waals surface area (Å²) in [5.41, 5.74) is 2.98. The first kappa shape index (κ1) is 22.6. The summed E-state index contributed by atoms with van der Waals surface area (Å²) in [5, 5.41) is 6.92. The van der Waals surface area contributed by atoms with Gasteiger partial charge >= 0.3 is 0 Å². The van der Waals surface area contributed by atoms with Crippen LogP contribution in [0.3, 0.4) is 0 Å². The molecule has 5 rings (SSSR count). The number of hydrogen-bond donors (Lipinski definition) is 1. The SMILES string of the molecule is Cc1cc(-c2cc(C(=O)N3C4CCC[C@H]3CC4)[nH]n2)c(F)cn1.O=COCc1ccccc1. The third-order valence-corrected chi connectivity index (χ3v) is 6.17. The number of nitrogens with one attached hydrogen (secondary N) is 1. The average molecular weight is 451 g/mol. The van der Waals surface area contributed by atoms with E-state index in [1.165, 1.54) is 12.6 Å². The fourth-order valence-electron chi connectivity index (χ4n) is 4.60. The van der Waals surface area contributed by atoms with Crippen molar-refractivity contribution in [2.24, 2.45) is 0 Å². The quantitative estimate of drug-likeness (QED) is 0.581. The van der Waals surface area contributed by atoms with Crippen LogP contribution in [0, 0.1) is 12.7 Å². The molecule has 4 heterocycles. The maximum absolute atomic E-state index is 13.9. The summed E-state index contributed by atoms with van der Waals surface area (Å²) < 4.78 is 18.5. The van der Waals surface area contributed by atoms with Gasteiger partial charge in [-0.05, 0) is 56.7 Å². The topological polar surface area (TPSA) is 88.2 Å². The number of halogens is 1. The molecule has 1 aromatic carbocycles. The van der Waals surface area contributed by atoms with Crippen LogP contribution >= 0.6 is 0 Å². The molecule has 2 bridgehead atoms. The standard InChI is InChI=1S/C17H19FN4O.C8H8O2/c1-10-7-13(14(18)9-19-10)15-8-16(21-20-15)17(23)22-11-3-2-4-12(22)6-5-11;9-7-10-6-8-4-2-1-3-5-8/h7-9,11-12H,2-6H2,1H3,(H,20,21);1-5,7H,6H2/t11-,12?;/m0./s1. The molecule has 172 valence electrons. The van der Waals surface area contributed by atoms with Gasteiger partial charge in [0, 0.05) is 23.3 Å². The summed E-state index contributed by atoms with van der Waals surface area (Å²) in [5.74, 6) is -0.443. The van der Waals surface area contributed by atoms with Crippen LogP contribution in [0.1, 0.15) is 53.8 Å². The van der Waals surface area contributed by atoms with Crippen LogP contribution in [-0.2, 0) is 16.1 Å². The van der Waals surface area contributed by atoms with E-state index in [1.54, 1.807) is 19.1 Å². The Morgan fingerprint density at radius 2 is 1.91 bits per heavy atom. The summed E-state index contributed by atoms with van der Waals surface area (Å²) in [6, 6.07) is 13.5. The number of hydrogen-bond acceptors (Lipinski definition) is 5. The number of carbonyl (C=O) groups is 2. The van der Waals surface area contributed by atoms with Gasteiger partial charge in [0.15, 0.2) is 5.82 Å². The Kier molecular flexibility index (Phi) is 7.12. The molecule has 2 aromatic heterocycles. The highest BCUT2D eigenvalue weighted by molar-refractivity contribution is 5.94.